The van der Waals surface area contributed by atoms with Gasteiger partial charge in [0.25, 0.3) is 0 Å². The monoisotopic (exact) mass is 196 g/mol. The van der Waals surface area contributed by atoms with E-state index < -0.39 is 0 Å². The second kappa shape index (κ2) is 3.52. The molecule has 0 aromatic rings. The largest absolute Gasteiger partial charge is 0.373 e. The average molecular weight is 196 g/mol. The molecule has 0 bridgehead atoms. The molecule has 0 aromatic carbocycles. The SMILES string of the molecule is CC1CC(CC(C)(C)C)C(C2CO2)C1. The molecule has 1 saturated carbocycles. The molecule has 0 aromatic heterocycles. The number of hydrogen-bond acceptors (Lipinski definition) is 1. The highest BCUT2D eigenvalue weighted by atomic mass is 16.6. The van der Waals surface area contributed by atoms with Crippen LogP contribution in [0.25, 0.3) is 0 Å². The van der Waals surface area contributed by atoms with E-state index in [9.17, 15) is 0 Å². The molecule has 2 aliphatic rings. The molecule has 82 valence electrons. The van der Waals surface area contributed by atoms with Crippen molar-refractivity contribution in [2.75, 3.05) is 6.61 Å². The highest BCUT2D eigenvalue weighted by Gasteiger charge is 2.43. The van der Waals surface area contributed by atoms with E-state index in [0.717, 1.165) is 24.4 Å². The van der Waals surface area contributed by atoms with Crippen LogP contribution in [0, 0.1) is 23.2 Å². The first kappa shape index (κ1) is 10.5. The normalized spacial score (nSPS) is 42.9. The lowest BCUT2D eigenvalue weighted by Crippen LogP contribution is -2.20. The lowest BCUT2D eigenvalue weighted by Gasteiger charge is -2.26. The minimum atomic E-state index is 0.488. The second-order valence-electron chi connectivity index (χ2n) is 6.64. The van der Waals surface area contributed by atoms with Gasteiger partial charge in [-0.05, 0) is 42.4 Å². The molecule has 1 aliphatic heterocycles. The minimum Gasteiger partial charge on any atom is -0.373 e. The molecule has 1 aliphatic carbocycles. The number of rotatable bonds is 2. The fourth-order valence-corrected chi connectivity index (χ4v) is 3.22. The molecule has 0 amide bonds. The van der Waals surface area contributed by atoms with Gasteiger partial charge in [-0.25, -0.2) is 0 Å². The van der Waals surface area contributed by atoms with Crippen LogP contribution < -0.4 is 0 Å². The summed E-state index contributed by atoms with van der Waals surface area (Å²) in [6.45, 7) is 10.5. The number of epoxide rings is 1. The van der Waals surface area contributed by atoms with Crippen LogP contribution in [-0.4, -0.2) is 12.7 Å². The maximum atomic E-state index is 5.49. The van der Waals surface area contributed by atoms with Crippen molar-refractivity contribution in [2.24, 2.45) is 23.2 Å². The second-order valence-corrected chi connectivity index (χ2v) is 6.64. The highest BCUT2D eigenvalue weighted by molar-refractivity contribution is 4.92. The van der Waals surface area contributed by atoms with Gasteiger partial charge in [0, 0.05) is 0 Å². The first-order valence-electron chi connectivity index (χ1n) is 6.07. The van der Waals surface area contributed by atoms with E-state index in [1.807, 2.05) is 0 Å². The van der Waals surface area contributed by atoms with Crippen molar-refractivity contribution >= 4 is 0 Å². The van der Waals surface area contributed by atoms with Crippen LogP contribution in [0.2, 0.25) is 0 Å². The molecule has 1 nitrogen and oxygen atoms in total. The first-order chi connectivity index (χ1) is 6.46. The predicted molar refractivity (Wildman–Crippen MR) is 59.2 cm³/mol. The van der Waals surface area contributed by atoms with Gasteiger partial charge in [0.15, 0.2) is 0 Å². The summed E-state index contributed by atoms with van der Waals surface area (Å²) < 4.78 is 5.49. The minimum absolute atomic E-state index is 0.488. The van der Waals surface area contributed by atoms with Crippen LogP contribution in [0.1, 0.15) is 47.0 Å². The van der Waals surface area contributed by atoms with Crippen LogP contribution in [0.5, 0.6) is 0 Å². The summed E-state index contributed by atoms with van der Waals surface area (Å²) in [5.41, 5.74) is 0.488. The zero-order chi connectivity index (χ0) is 10.3. The van der Waals surface area contributed by atoms with Gasteiger partial charge >= 0.3 is 0 Å². The first-order valence-corrected chi connectivity index (χ1v) is 6.07. The third-order valence-electron chi connectivity index (χ3n) is 3.70. The molecule has 2 rings (SSSR count). The summed E-state index contributed by atoms with van der Waals surface area (Å²) >= 11 is 0. The quantitative estimate of drug-likeness (QED) is 0.616. The van der Waals surface area contributed by atoms with Crippen LogP contribution in [0.15, 0.2) is 0 Å². The van der Waals surface area contributed by atoms with E-state index >= 15 is 0 Å². The Hall–Kier alpha value is -0.0400. The summed E-state index contributed by atoms with van der Waals surface area (Å²) in [4.78, 5) is 0. The molecule has 1 heterocycles. The molecule has 2 fully saturated rings. The zero-order valence-corrected chi connectivity index (χ0v) is 10.0. The number of ether oxygens (including phenoxy) is 1. The fourth-order valence-electron chi connectivity index (χ4n) is 3.22. The predicted octanol–water partition coefficient (Wildman–Crippen LogP) is 3.48. The summed E-state index contributed by atoms with van der Waals surface area (Å²) in [7, 11) is 0. The van der Waals surface area contributed by atoms with E-state index in [1.165, 1.54) is 19.3 Å². The van der Waals surface area contributed by atoms with Gasteiger partial charge in [0.1, 0.15) is 0 Å². The van der Waals surface area contributed by atoms with Crippen molar-refractivity contribution in [2.45, 2.75) is 53.1 Å². The van der Waals surface area contributed by atoms with E-state index in [4.69, 9.17) is 4.74 Å². The summed E-state index contributed by atoms with van der Waals surface area (Å²) in [5, 5.41) is 0. The summed E-state index contributed by atoms with van der Waals surface area (Å²) in [6.07, 6.45) is 4.85. The van der Waals surface area contributed by atoms with Crippen molar-refractivity contribution in [3.8, 4) is 0 Å². The smallest absolute Gasteiger partial charge is 0.0840 e. The van der Waals surface area contributed by atoms with Crippen LogP contribution in [0.3, 0.4) is 0 Å². The van der Waals surface area contributed by atoms with Crippen molar-refractivity contribution in [1.29, 1.82) is 0 Å². The summed E-state index contributed by atoms with van der Waals surface area (Å²) in [6, 6.07) is 0. The molecule has 1 saturated heterocycles. The van der Waals surface area contributed by atoms with E-state index in [1.54, 1.807) is 0 Å². The van der Waals surface area contributed by atoms with Gasteiger partial charge < -0.3 is 4.74 Å². The van der Waals surface area contributed by atoms with Gasteiger partial charge in [-0.15, -0.1) is 0 Å². The lowest BCUT2D eigenvalue weighted by atomic mass is 9.79. The zero-order valence-electron chi connectivity index (χ0n) is 10.0. The number of hydrogen-bond donors (Lipinski definition) is 0. The molecule has 0 radical (unpaired) electrons. The Balaban J connectivity index is 1.94. The Morgan fingerprint density at radius 3 is 2.36 bits per heavy atom. The Labute approximate surface area is 88.2 Å². The van der Waals surface area contributed by atoms with E-state index in [-0.39, 0.29) is 0 Å². The van der Waals surface area contributed by atoms with Crippen LogP contribution in [-0.2, 0) is 4.74 Å². The Morgan fingerprint density at radius 2 is 1.86 bits per heavy atom. The Morgan fingerprint density at radius 1 is 1.21 bits per heavy atom. The van der Waals surface area contributed by atoms with Gasteiger partial charge in [-0.3, -0.25) is 0 Å². The average Bonchev–Trinajstić information content (AvgIpc) is 2.75. The van der Waals surface area contributed by atoms with Gasteiger partial charge in [-0.2, -0.15) is 0 Å². The highest BCUT2D eigenvalue weighted by Crippen LogP contribution is 2.46. The van der Waals surface area contributed by atoms with Crippen LogP contribution >= 0.6 is 0 Å². The maximum Gasteiger partial charge on any atom is 0.0840 e. The van der Waals surface area contributed by atoms with Crippen molar-refractivity contribution in [1.82, 2.24) is 0 Å². The molecular weight excluding hydrogens is 172 g/mol. The van der Waals surface area contributed by atoms with E-state index in [0.29, 0.717) is 11.5 Å². The van der Waals surface area contributed by atoms with Crippen molar-refractivity contribution in [3.05, 3.63) is 0 Å². The van der Waals surface area contributed by atoms with E-state index in [2.05, 4.69) is 27.7 Å². The third-order valence-corrected chi connectivity index (χ3v) is 3.70. The van der Waals surface area contributed by atoms with Crippen molar-refractivity contribution in [3.63, 3.8) is 0 Å². The van der Waals surface area contributed by atoms with Gasteiger partial charge in [0.2, 0.25) is 0 Å². The third kappa shape index (κ3) is 2.50. The van der Waals surface area contributed by atoms with Crippen LogP contribution in [0.4, 0.5) is 0 Å². The topological polar surface area (TPSA) is 12.5 Å². The molecule has 4 unspecified atom stereocenters. The van der Waals surface area contributed by atoms with Crippen molar-refractivity contribution < 1.29 is 4.74 Å². The Bertz CT molecular complexity index is 200. The fraction of sp³-hybridized carbons (Fsp3) is 1.00. The maximum absolute atomic E-state index is 5.49. The molecular formula is C13H24O. The molecule has 4 atom stereocenters. The molecule has 1 heteroatoms. The van der Waals surface area contributed by atoms with Gasteiger partial charge in [-0.1, -0.05) is 27.7 Å². The van der Waals surface area contributed by atoms with Gasteiger partial charge in [0.05, 0.1) is 12.7 Å². The molecule has 0 spiro atoms. The summed E-state index contributed by atoms with van der Waals surface area (Å²) in [5.74, 6) is 2.73. The lowest BCUT2D eigenvalue weighted by molar-refractivity contribution is 0.212. The standard InChI is InChI=1S/C13H24O/c1-9-5-10(7-13(2,3)4)11(6-9)12-8-14-12/h9-12H,5-8H2,1-4H3. The molecule has 0 N–H and O–H groups in total. The molecule has 14 heavy (non-hydrogen) atoms. The Kier molecular flexibility index (Phi) is 2.63.